The van der Waals surface area contributed by atoms with E-state index in [0.29, 0.717) is 11.3 Å². The average Bonchev–Trinajstić information content (AvgIpc) is 2.98. The first-order valence-electron chi connectivity index (χ1n) is 4.95. The van der Waals surface area contributed by atoms with Crippen molar-refractivity contribution in [2.45, 2.75) is 0 Å². The number of fused-ring (bicyclic) bond motifs is 1. The molecule has 0 fully saturated rings. The van der Waals surface area contributed by atoms with Gasteiger partial charge < -0.3 is 9.51 Å². The topological polar surface area (TPSA) is 72.4 Å². The van der Waals surface area contributed by atoms with Crippen LogP contribution in [0.1, 0.15) is 10.5 Å². The standard InChI is InChI=1S/C11H8N4O2/c16-11(17)10-8-2-1-4-14(8)6-9(13-10)15-5-3-12-7-15/h1-7H,(H,16,17). The number of hydrogen-bond donors (Lipinski definition) is 1. The molecule has 0 atom stereocenters. The molecule has 6 nitrogen and oxygen atoms in total. The number of carboxylic acid groups (broad SMARTS) is 1. The highest BCUT2D eigenvalue weighted by Crippen LogP contribution is 2.13. The van der Waals surface area contributed by atoms with E-state index in [0.717, 1.165) is 0 Å². The van der Waals surface area contributed by atoms with E-state index < -0.39 is 5.97 Å². The van der Waals surface area contributed by atoms with Crippen LogP contribution in [0.15, 0.2) is 43.2 Å². The first-order chi connectivity index (χ1) is 8.25. The summed E-state index contributed by atoms with van der Waals surface area (Å²) in [5.41, 5.74) is 0.600. The highest BCUT2D eigenvalue weighted by molar-refractivity contribution is 5.93. The van der Waals surface area contributed by atoms with Gasteiger partial charge in [0, 0.05) is 18.6 Å². The summed E-state index contributed by atoms with van der Waals surface area (Å²) in [4.78, 5) is 19.2. The van der Waals surface area contributed by atoms with E-state index in [4.69, 9.17) is 5.11 Å². The number of nitrogens with zero attached hydrogens (tertiary/aromatic N) is 4. The van der Waals surface area contributed by atoms with E-state index in [-0.39, 0.29) is 5.69 Å². The van der Waals surface area contributed by atoms with Crippen LogP contribution in [0.4, 0.5) is 0 Å². The maximum atomic E-state index is 11.1. The summed E-state index contributed by atoms with van der Waals surface area (Å²) in [5.74, 6) is -0.528. The van der Waals surface area contributed by atoms with Gasteiger partial charge in [0.1, 0.15) is 6.33 Å². The minimum absolute atomic E-state index is 0.0289. The van der Waals surface area contributed by atoms with E-state index >= 15 is 0 Å². The van der Waals surface area contributed by atoms with Crippen LogP contribution in [0.25, 0.3) is 11.3 Å². The van der Waals surface area contributed by atoms with Crippen LogP contribution >= 0.6 is 0 Å². The second-order valence-corrected chi connectivity index (χ2v) is 3.52. The normalized spacial score (nSPS) is 10.8. The zero-order valence-corrected chi connectivity index (χ0v) is 8.69. The van der Waals surface area contributed by atoms with E-state index in [1.165, 1.54) is 0 Å². The molecular formula is C11H8N4O2. The zero-order valence-electron chi connectivity index (χ0n) is 8.69. The Morgan fingerprint density at radius 2 is 2.24 bits per heavy atom. The maximum absolute atomic E-state index is 11.1. The molecule has 0 aliphatic rings. The van der Waals surface area contributed by atoms with Crippen molar-refractivity contribution in [3.8, 4) is 5.82 Å². The van der Waals surface area contributed by atoms with E-state index in [9.17, 15) is 4.79 Å². The lowest BCUT2D eigenvalue weighted by atomic mass is 10.3. The SMILES string of the molecule is O=C(O)c1nc(-n2ccnc2)cn2cccc12. The molecule has 0 spiro atoms. The quantitative estimate of drug-likeness (QED) is 0.715. The van der Waals surface area contributed by atoms with Crippen LogP contribution in [0.2, 0.25) is 0 Å². The summed E-state index contributed by atoms with van der Waals surface area (Å²) in [6.07, 6.45) is 8.43. The van der Waals surface area contributed by atoms with Crippen molar-refractivity contribution in [1.82, 2.24) is 18.9 Å². The monoisotopic (exact) mass is 228 g/mol. The lowest BCUT2D eigenvalue weighted by Crippen LogP contribution is -2.07. The molecule has 0 radical (unpaired) electrons. The number of hydrogen-bond acceptors (Lipinski definition) is 3. The van der Waals surface area contributed by atoms with Crippen molar-refractivity contribution in [3.63, 3.8) is 0 Å². The molecule has 0 aliphatic heterocycles. The van der Waals surface area contributed by atoms with Crippen molar-refractivity contribution in [2.24, 2.45) is 0 Å². The summed E-state index contributed by atoms with van der Waals surface area (Å²) in [7, 11) is 0. The Hall–Kier alpha value is -2.63. The molecule has 0 saturated heterocycles. The van der Waals surface area contributed by atoms with Crippen LogP contribution in [0.5, 0.6) is 0 Å². The third-order valence-corrected chi connectivity index (χ3v) is 2.47. The lowest BCUT2D eigenvalue weighted by molar-refractivity contribution is 0.0692. The summed E-state index contributed by atoms with van der Waals surface area (Å²) in [5, 5.41) is 9.12. The number of aromatic carboxylic acids is 1. The molecule has 0 aliphatic carbocycles. The van der Waals surface area contributed by atoms with Gasteiger partial charge in [-0.2, -0.15) is 0 Å². The Kier molecular flexibility index (Phi) is 1.94. The highest BCUT2D eigenvalue weighted by Gasteiger charge is 2.13. The van der Waals surface area contributed by atoms with Gasteiger partial charge in [0.15, 0.2) is 11.5 Å². The van der Waals surface area contributed by atoms with E-state index in [1.807, 2.05) is 0 Å². The molecular weight excluding hydrogens is 220 g/mol. The van der Waals surface area contributed by atoms with Gasteiger partial charge in [0.05, 0.1) is 11.7 Å². The van der Waals surface area contributed by atoms with Gasteiger partial charge in [-0.3, -0.25) is 4.57 Å². The second-order valence-electron chi connectivity index (χ2n) is 3.52. The highest BCUT2D eigenvalue weighted by atomic mass is 16.4. The van der Waals surface area contributed by atoms with Gasteiger partial charge in [0.2, 0.25) is 0 Å². The summed E-state index contributed by atoms with van der Waals surface area (Å²) in [6.45, 7) is 0. The van der Waals surface area contributed by atoms with Crippen molar-refractivity contribution < 1.29 is 9.90 Å². The number of carbonyl (C=O) groups is 1. The molecule has 3 rings (SSSR count). The Bertz CT molecular complexity index is 685. The smallest absolute Gasteiger partial charge is 0.356 e. The van der Waals surface area contributed by atoms with Crippen LogP contribution < -0.4 is 0 Å². The average molecular weight is 228 g/mol. The molecule has 84 valence electrons. The van der Waals surface area contributed by atoms with Gasteiger partial charge in [-0.25, -0.2) is 14.8 Å². The minimum atomic E-state index is -1.05. The molecule has 1 N–H and O–H groups in total. The van der Waals surface area contributed by atoms with Gasteiger partial charge >= 0.3 is 5.97 Å². The summed E-state index contributed by atoms with van der Waals surface area (Å²) in [6, 6.07) is 3.50. The van der Waals surface area contributed by atoms with Crippen LogP contribution in [-0.2, 0) is 0 Å². The van der Waals surface area contributed by atoms with E-state index in [1.54, 1.807) is 52.2 Å². The molecule has 3 heterocycles. The van der Waals surface area contributed by atoms with Crippen molar-refractivity contribution >= 4 is 11.5 Å². The second kappa shape index (κ2) is 3.44. The molecule has 3 aromatic rings. The van der Waals surface area contributed by atoms with Gasteiger partial charge in [-0.05, 0) is 12.1 Å². The van der Waals surface area contributed by atoms with Gasteiger partial charge in [-0.15, -0.1) is 0 Å². The number of rotatable bonds is 2. The van der Waals surface area contributed by atoms with Crippen molar-refractivity contribution in [2.75, 3.05) is 0 Å². The number of aromatic nitrogens is 4. The van der Waals surface area contributed by atoms with Crippen LogP contribution in [0, 0.1) is 0 Å². The molecule has 17 heavy (non-hydrogen) atoms. The summed E-state index contributed by atoms with van der Waals surface area (Å²) >= 11 is 0. The third-order valence-electron chi connectivity index (χ3n) is 2.47. The predicted octanol–water partition coefficient (Wildman–Crippen LogP) is 1.22. The third kappa shape index (κ3) is 1.46. The molecule has 6 heteroatoms. The largest absolute Gasteiger partial charge is 0.476 e. The van der Waals surface area contributed by atoms with Gasteiger partial charge in [0.25, 0.3) is 0 Å². The van der Waals surface area contributed by atoms with Gasteiger partial charge in [-0.1, -0.05) is 0 Å². The Labute approximate surface area is 95.8 Å². The fourth-order valence-electron chi connectivity index (χ4n) is 1.71. The number of imidazole rings is 1. The minimum Gasteiger partial charge on any atom is -0.476 e. The maximum Gasteiger partial charge on any atom is 0.356 e. The molecule has 0 unspecified atom stereocenters. The van der Waals surface area contributed by atoms with Crippen molar-refractivity contribution in [1.29, 1.82) is 0 Å². The van der Waals surface area contributed by atoms with Crippen molar-refractivity contribution in [3.05, 3.63) is 48.9 Å². The first-order valence-corrected chi connectivity index (χ1v) is 4.95. The summed E-state index contributed by atoms with van der Waals surface area (Å²) < 4.78 is 3.39. The zero-order chi connectivity index (χ0) is 11.8. The lowest BCUT2D eigenvalue weighted by Gasteiger charge is -2.05. The molecule has 0 saturated carbocycles. The fraction of sp³-hybridized carbons (Fsp3) is 0. The van der Waals surface area contributed by atoms with Crippen LogP contribution in [-0.4, -0.2) is 30.0 Å². The Morgan fingerprint density at radius 3 is 2.94 bits per heavy atom. The van der Waals surface area contributed by atoms with E-state index in [2.05, 4.69) is 9.97 Å². The van der Waals surface area contributed by atoms with Crippen LogP contribution in [0.3, 0.4) is 0 Å². The molecule has 0 bridgehead atoms. The Morgan fingerprint density at radius 1 is 1.35 bits per heavy atom. The predicted molar refractivity (Wildman–Crippen MR) is 59.3 cm³/mol. The first kappa shape index (κ1) is 9.59. The fourth-order valence-corrected chi connectivity index (χ4v) is 1.71. The number of carboxylic acids is 1. The molecule has 0 amide bonds. The molecule has 0 aromatic carbocycles. The Balaban J connectivity index is 2.31. The molecule has 3 aromatic heterocycles.